The summed E-state index contributed by atoms with van der Waals surface area (Å²) in [4.78, 5) is 25.5. The quantitative estimate of drug-likeness (QED) is 0.747. The Morgan fingerprint density at radius 2 is 1.78 bits per heavy atom. The van der Waals surface area contributed by atoms with E-state index in [1.807, 2.05) is 13.8 Å². The average molecular weight is 399 g/mol. The molecule has 0 aliphatic carbocycles. The minimum Gasteiger partial charge on any atom is -0.347 e. The van der Waals surface area contributed by atoms with Gasteiger partial charge in [0.15, 0.2) is 0 Å². The number of nitrogens with zero attached hydrogens (tertiary/aromatic N) is 2. The second-order valence-electron chi connectivity index (χ2n) is 6.39. The highest BCUT2D eigenvalue weighted by Gasteiger charge is 2.33. The zero-order valence-electron chi connectivity index (χ0n) is 15.7. The molecule has 1 aromatic rings. The molecule has 1 N–H and O–H groups in total. The Labute approximate surface area is 159 Å². The summed E-state index contributed by atoms with van der Waals surface area (Å²) < 4.78 is 40.2. The minimum atomic E-state index is -3.92. The number of likely N-dealkylation sites (N-methyl/N-ethyl adjacent to an activating group) is 1. The molecule has 0 radical (unpaired) electrons. The third-order valence-electron chi connectivity index (χ3n) is 4.81. The highest BCUT2D eigenvalue weighted by molar-refractivity contribution is 7.89. The van der Waals surface area contributed by atoms with E-state index in [1.165, 1.54) is 22.5 Å². The molecule has 7 nitrogen and oxygen atoms in total. The lowest BCUT2D eigenvalue weighted by molar-refractivity contribution is -0.134. The Balaban J connectivity index is 1.90. The lowest BCUT2D eigenvalue weighted by Gasteiger charge is -2.30. The van der Waals surface area contributed by atoms with E-state index in [2.05, 4.69) is 5.32 Å². The van der Waals surface area contributed by atoms with Crippen LogP contribution in [0.15, 0.2) is 29.2 Å². The van der Waals surface area contributed by atoms with Crippen molar-refractivity contribution in [1.82, 2.24) is 14.5 Å². The maximum Gasteiger partial charge on any atom is 0.245 e. The van der Waals surface area contributed by atoms with Crippen molar-refractivity contribution in [3.8, 4) is 0 Å². The Morgan fingerprint density at radius 1 is 1.19 bits per heavy atom. The standard InChI is InChI=1S/C18H26FN3O4S/c1-3-21(4-2)17(23)13-20-18(24)14-9-11-22(12-10-14)27(25,26)16-8-6-5-7-15(16)19/h5-8,14H,3-4,9-13H2,1-2H3,(H,20,24). The van der Waals surface area contributed by atoms with Crippen LogP contribution < -0.4 is 5.32 Å². The molecule has 1 aliphatic heterocycles. The number of piperidine rings is 1. The number of hydrogen-bond donors (Lipinski definition) is 1. The van der Waals surface area contributed by atoms with Crippen molar-refractivity contribution in [3.05, 3.63) is 30.1 Å². The van der Waals surface area contributed by atoms with Crippen LogP contribution in [0.2, 0.25) is 0 Å². The van der Waals surface area contributed by atoms with Crippen molar-refractivity contribution in [2.24, 2.45) is 5.92 Å². The van der Waals surface area contributed by atoms with Gasteiger partial charge in [-0.05, 0) is 38.8 Å². The van der Waals surface area contributed by atoms with E-state index in [0.29, 0.717) is 25.9 Å². The summed E-state index contributed by atoms with van der Waals surface area (Å²) in [6.45, 7) is 5.12. The summed E-state index contributed by atoms with van der Waals surface area (Å²) in [7, 11) is -3.92. The lowest BCUT2D eigenvalue weighted by atomic mass is 9.97. The Hall–Kier alpha value is -2.00. The minimum absolute atomic E-state index is 0.0613. The number of hydrogen-bond acceptors (Lipinski definition) is 4. The largest absolute Gasteiger partial charge is 0.347 e. The van der Waals surface area contributed by atoms with Crippen molar-refractivity contribution in [2.75, 3.05) is 32.7 Å². The first kappa shape index (κ1) is 21.3. The summed E-state index contributed by atoms with van der Waals surface area (Å²) in [6, 6.07) is 5.26. The van der Waals surface area contributed by atoms with Gasteiger partial charge in [-0.2, -0.15) is 4.31 Å². The summed E-state index contributed by atoms with van der Waals surface area (Å²) >= 11 is 0. The van der Waals surface area contributed by atoms with Gasteiger partial charge in [-0.15, -0.1) is 0 Å². The summed E-state index contributed by atoms with van der Waals surface area (Å²) in [6.07, 6.45) is 0.665. The van der Waals surface area contributed by atoms with Crippen LogP contribution >= 0.6 is 0 Å². The molecule has 1 aromatic carbocycles. The molecule has 2 rings (SSSR count). The predicted molar refractivity (Wildman–Crippen MR) is 98.8 cm³/mol. The molecule has 1 fully saturated rings. The molecule has 1 saturated heterocycles. The molecule has 0 aromatic heterocycles. The van der Waals surface area contributed by atoms with E-state index in [0.717, 1.165) is 6.07 Å². The first-order valence-electron chi connectivity index (χ1n) is 9.11. The monoisotopic (exact) mass is 399 g/mol. The van der Waals surface area contributed by atoms with Gasteiger partial charge >= 0.3 is 0 Å². The van der Waals surface area contributed by atoms with Gasteiger partial charge in [0, 0.05) is 32.1 Å². The Kier molecular flexibility index (Phi) is 7.32. The van der Waals surface area contributed by atoms with E-state index in [9.17, 15) is 22.4 Å². The SMILES string of the molecule is CCN(CC)C(=O)CNC(=O)C1CCN(S(=O)(=O)c2ccccc2F)CC1. The number of benzene rings is 1. The van der Waals surface area contributed by atoms with Crippen molar-refractivity contribution in [1.29, 1.82) is 0 Å². The van der Waals surface area contributed by atoms with Crippen molar-refractivity contribution >= 4 is 21.8 Å². The molecule has 0 spiro atoms. The smallest absolute Gasteiger partial charge is 0.245 e. The molecule has 9 heteroatoms. The number of nitrogens with one attached hydrogen (secondary N) is 1. The van der Waals surface area contributed by atoms with Crippen LogP contribution in [0.1, 0.15) is 26.7 Å². The number of carbonyl (C=O) groups is 2. The lowest BCUT2D eigenvalue weighted by Crippen LogP contribution is -2.45. The fraction of sp³-hybridized carbons (Fsp3) is 0.556. The zero-order chi connectivity index (χ0) is 20.0. The van der Waals surface area contributed by atoms with Crippen molar-refractivity contribution < 1.29 is 22.4 Å². The molecule has 0 atom stereocenters. The molecule has 0 unspecified atom stereocenters. The highest BCUT2D eigenvalue weighted by Crippen LogP contribution is 2.25. The predicted octanol–water partition coefficient (Wildman–Crippen LogP) is 1.21. The van der Waals surface area contributed by atoms with Crippen LogP contribution in [0.3, 0.4) is 0 Å². The van der Waals surface area contributed by atoms with Crippen LogP contribution in [-0.4, -0.2) is 62.2 Å². The normalized spacial score (nSPS) is 16.1. The third kappa shape index (κ3) is 5.04. The number of amides is 2. The van der Waals surface area contributed by atoms with Gasteiger partial charge in [-0.1, -0.05) is 12.1 Å². The van der Waals surface area contributed by atoms with E-state index >= 15 is 0 Å². The van der Waals surface area contributed by atoms with Crippen molar-refractivity contribution in [3.63, 3.8) is 0 Å². The van der Waals surface area contributed by atoms with Crippen LogP contribution in [-0.2, 0) is 19.6 Å². The molecule has 0 bridgehead atoms. The van der Waals surface area contributed by atoms with E-state index < -0.39 is 15.8 Å². The van der Waals surface area contributed by atoms with Gasteiger partial charge in [0.2, 0.25) is 21.8 Å². The fourth-order valence-corrected chi connectivity index (χ4v) is 4.68. The summed E-state index contributed by atoms with van der Waals surface area (Å²) in [5.74, 6) is -1.54. The molecule has 1 aliphatic rings. The maximum absolute atomic E-state index is 13.8. The Morgan fingerprint density at radius 3 is 2.33 bits per heavy atom. The van der Waals surface area contributed by atoms with E-state index in [1.54, 1.807) is 4.90 Å². The highest BCUT2D eigenvalue weighted by atomic mass is 32.2. The average Bonchev–Trinajstić information content (AvgIpc) is 2.67. The van der Waals surface area contributed by atoms with Crippen LogP contribution in [0.25, 0.3) is 0 Å². The molecule has 2 amide bonds. The molecular weight excluding hydrogens is 373 g/mol. The summed E-state index contributed by atoms with van der Waals surface area (Å²) in [5, 5.41) is 2.64. The van der Waals surface area contributed by atoms with Gasteiger partial charge in [0.25, 0.3) is 0 Å². The third-order valence-corrected chi connectivity index (χ3v) is 6.74. The fourth-order valence-electron chi connectivity index (χ4n) is 3.15. The Bertz CT molecular complexity index is 773. The van der Waals surface area contributed by atoms with Gasteiger partial charge in [-0.25, -0.2) is 12.8 Å². The molecular formula is C18H26FN3O4S. The molecule has 150 valence electrons. The summed E-state index contributed by atoms with van der Waals surface area (Å²) in [5.41, 5.74) is 0. The van der Waals surface area contributed by atoms with E-state index in [4.69, 9.17) is 0 Å². The van der Waals surface area contributed by atoms with Crippen LogP contribution in [0.4, 0.5) is 4.39 Å². The van der Waals surface area contributed by atoms with Gasteiger partial charge < -0.3 is 10.2 Å². The second-order valence-corrected chi connectivity index (χ2v) is 8.30. The van der Waals surface area contributed by atoms with Crippen LogP contribution in [0, 0.1) is 11.7 Å². The van der Waals surface area contributed by atoms with Gasteiger partial charge in [0.05, 0.1) is 6.54 Å². The van der Waals surface area contributed by atoms with Crippen molar-refractivity contribution in [2.45, 2.75) is 31.6 Å². The van der Waals surface area contributed by atoms with Gasteiger partial charge in [-0.3, -0.25) is 9.59 Å². The molecule has 0 saturated carbocycles. The number of carbonyl (C=O) groups excluding carboxylic acids is 2. The number of halogens is 1. The van der Waals surface area contributed by atoms with Crippen LogP contribution in [0.5, 0.6) is 0 Å². The topological polar surface area (TPSA) is 86.8 Å². The van der Waals surface area contributed by atoms with Gasteiger partial charge in [0.1, 0.15) is 10.7 Å². The first-order valence-corrected chi connectivity index (χ1v) is 10.5. The maximum atomic E-state index is 13.8. The number of rotatable bonds is 7. The second kappa shape index (κ2) is 9.27. The number of sulfonamides is 1. The molecule has 27 heavy (non-hydrogen) atoms. The molecule has 1 heterocycles. The first-order chi connectivity index (χ1) is 12.8. The zero-order valence-corrected chi connectivity index (χ0v) is 16.5. The van der Waals surface area contributed by atoms with E-state index in [-0.39, 0.29) is 42.3 Å².